The van der Waals surface area contributed by atoms with Gasteiger partial charge in [-0.25, -0.2) is 4.79 Å². The molecule has 0 saturated carbocycles. The third-order valence-corrected chi connectivity index (χ3v) is 3.47. The topological polar surface area (TPSA) is 83.7 Å². The van der Waals surface area contributed by atoms with Gasteiger partial charge in [0.05, 0.1) is 4.92 Å². The van der Waals surface area contributed by atoms with Crippen molar-refractivity contribution in [2.45, 2.75) is 18.9 Å². The van der Waals surface area contributed by atoms with Crippen molar-refractivity contribution in [1.82, 2.24) is 0 Å². The molecule has 1 N–H and O–H groups in total. The Kier molecular flexibility index (Phi) is 3.51. The minimum atomic E-state index is -0.943. The van der Waals surface area contributed by atoms with E-state index in [0.717, 1.165) is 6.42 Å². The molecule has 2 rings (SSSR count). The van der Waals surface area contributed by atoms with Crippen LogP contribution in [0.1, 0.15) is 12.8 Å². The summed E-state index contributed by atoms with van der Waals surface area (Å²) in [6.45, 7) is 0.522. The van der Waals surface area contributed by atoms with Crippen molar-refractivity contribution in [1.29, 1.82) is 0 Å². The van der Waals surface area contributed by atoms with E-state index in [2.05, 4.69) is 15.9 Å². The molecule has 7 heteroatoms. The van der Waals surface area contributed by atoms with Crippen LogP contribution in [-0.4, -0.2) is 28.6 Å². The van der Waals surface area contributed by atoms with Crippen LogP contribution < -0.4 is 4.90 Å². The van der Waals surface area contributed by atoms with Crippen molar-refractivity contribution in [2.24, 2.45) is 0 Å². The van der Waals surface area contributed by atoms with Gasteiger partial charge in [0.15, 0.2) is 0 Å². The molecule has 1 aromatic carbocycles. The van der Waals surface area contributed by atoms with Gasteiger partial charge in [-0.3, -0.25) is 10.1 Å². The predicted molar refractivity (Wildman–Crippen MR) is 68.8 cm³/mol. The van der Waals surface area contributed by atoms with Gasteiger partial charge in [0.25, 0.3) is 5.69 Å². The number of nitrogens with zero attached hydrogens (tertiary/aromatic N) is 2. The molecule has 6 nitrogen and oxygen atoms in total. The summed E-state index contributed by atoms with van der Waals surface area (Å²) in [5.74, 6) is -0.943. The number of benzene rings is 1. The van der Waals surface area contributed by atoms with E-state index in [1.165, 1.54) is 6.07 Å². The molecule has 1 fully saturated rings. The second-order valence-corrected chi connectivity index (χ2v) is 5.00. The first-order chi connectivity index (χ1) is 8.50. The summed E-state index contributed by atoms with van der Waals surface area (Å²) in [5, 5.41) is 20.1. The molecule has 1 aliphatic heterocycles. The lowest BCUT2D eigenvalue weighted by Crippen LogP contribution is -2.36. The molecular formula is C11H11BrN2O4. The Hall–Kier alpha value is -1.63. The van der Waals surface area contributed by atoms with Crippen molar-refractivity contribution in [2.75, 3.05) is 11.4 Å². The first-order valence-corrected chi connectivity index (χ1v) is 6.23. The second kappa shape index (κ2) is 4.93. The summed E-state index contributed by atoms with van der Waals surface area (Å²) >= 11 is 3.25. The van der Waals surface area contributed by atoms with E-state index < -0.39 is 16.9 Å². The first-order valence-electron chi connectivity index (χ1n) is 5.44. The van der Waals surface area contributed by atoms with Gasteiger partial charge < -0.3 is 10.0 Å². The Balaban J connectivity index is 2.46. The normalized spacial score (nSPS) is 18.9. The zero-order valence-corrected chi connectivity index (χ0v) is 11.0. The molecule has 0 aromatic heterocycles. The lowest BCUT2D eigenvalue weighted by molar-refractivity contribution is -0.384. The van der Waals surface area contributed by atoms with Gasteiger partial charge in [0, 0.05) is 17.1 Å². The fraction of sp³-hybridized carbons (Fsp3) is 0.364. The quantitative estimate of drug-likeness (QED) is 0.684. The third-order valence-electron chi connectivity index (χ3n) is 2.98. The fourth-order valence-corrected chi connectivity index (χ4v) is 2.54. The van der Waals surface area contributed by atoms with E-state index in [1.54, 1.807) is 17.0 Å². The van der Waals surface area contributed by atoms with Crippen LogP contribution in [0.5, 0.6) is 0 Å². The molecule has 0 radical (unpaired) electrons. The Bertz CT molecular complexity index is 506. The van der Waals surface area contributed by atoms with E-state index in [-0.39, 0.29) is 5.69 Å². The molecule has 0 aliphatic carbocycles. The molecule has 1 atom stereocenters. The van der Waals surface area contributed by atoms with Crippen molar-refractivity contribution < 1.29 is 14.8 Å². The number of carbonyl (C=O) groups is 1. The van der Waals surface area contributed by atoms with E-state index in [9.17, 15) is 14.9 Å². The zero-order chi connectivity index (χ0) is 13.3. The molecule has 1 unspecified atom stereocenters. The van der Waals surface area contributed by atoms with Crippen molar-refractivity contribution in [3.8, 4) is 0 Å². The van der Waals surface area contributed by atoms with Crippen LogP contribution in [-0.2, 0) is 4.79 Å². The summed E-state index contributed by atoms with van der Waals surface area (Å²) in [6, 6.07) is 3.88. The summed E-state index contributed by atoms with van der Waals surface area (Å²) < 4.78 is 0.694. The molecule has 1 aromatic rings. The number of rotatable bonds is 3. The Morgan fingerprint density at radius 1 is 1.56 bits per heavy atom. The summed E-state index contributed by atoms with van der Waals surface area (Å²) in [5.41, 5.74) is 0.297. The van der Waals surface area contributed by atoms with Gasteiger partial charge in [0.1, 0.15) is 11.7 Å². The maximum Gasteiger partial charge on any atom is 0.326 e. The number of carboxylic acid groups (broad SMARTS) is 1. The smallest absolute Gasteiger partial charge is 0.326 e. The minimum Gasteiger partial charge on any atom is -0.480 e. The van der Waals surface area contributed by atoms with Crippen LogP contribution in [0.15, 0.2) is 22.7 Å². The van der Waals surface area contributed by atoms with Crippen molar-refractivity contribution in [3.63, 3.8) is 0 Å². The SMILES string of the molecule is O=C(O)C1CCCN1c1cc(Br)ccc1[N+](=O)[O-]. The molecule has 1 heterocycles. The highest BCUT2D eigenvalue weighted by molar-refractivity contribution is 9.10. The van der Waals surface area contributed by atoms with Crippen LogP contribution in [0.2, 0.25) is 0 Å². The number of carboxylic acids is 1. The van der Waals surface area contributed by atoms with Gasteiger partial charge in [0.2, 0.25) is 0 Å². The Morgan fingerprint density at radius 2 is 2.28 bits per heavy atom. The van der Waals surface area contributed by atoms with E-state index in [0.29, 0.717) is 23.1 Å². The third kappa shape index (κ3) is 2.31. The van der Waals surface area contributed by atoms with E-state index in [1.807, 2.05) is 0 Å². The minimum absolute atomic E-state index is 0.0636. The van der Waals surface area contributed by atoms with Crippen molar-refractivity contribution >= 4 is 33.3 Å². The van der Waals surface area contributed by atoms with Gasteiger partial charge in [-0.15, -0.1) is 0 Å². The lowest BCUT2D eigenvalue weighted by Gasteiger charge is -2.23. The highest BCUT2D eigenvalue weighted by Gasteiger charge is 2.34. The average molecular weight is 315 g/mol. The van der Waals surface area contributed by atoms with E-state index in [4.69, 9.17) is 5.11 Å². The predicted octanol–water partition coefficient (Wildman–Crippen LogP) is 2.41. The second-order valence-electron chi connectivity index (χ2n) is 4.08. The lowest BCUT2D eigenvalue weighted by atomic mass is 10.2. The number of nitro groups is 1. The van der Waals surface area contributed by atoms with Crippen LogP contribution in [0, 0.1) is 10.1 Å². The van der Waals surface area contributed by atoms with Crippen LogP contribution in [0.4, 0.5) is 11.4 Å². The van der Waals surface area contributed by atoms with Crippen LogP contribution in [0.3, 0.4) is 0 Å². The Labute approximate surface area is 111 Å². The van der Waals surface area contributed by atoms with Gasteiger partial charge >= 0.3 is 5.97 Å². The number of halogens is 1. The molecule has 1 saturated heterocycles. The van der Waals surface area contributed by atoms with Gasteiger partial charge in [-0.1, -0.05) is 15.9 Å². The zero-order valence-electron chi connectivity index (χ0n) is 9.38. The highest BCUT2D eigenvalue weighted by atomic mass is 79.9. The summed E-state index contributed by atoms with van der Waals surface area (Å²) in [6.07, 6.45) is 1.24. The maximum atomic E-state index is 11.1. The molecule has 0 bridgehead atoms. The standard InChI is InChI=1S/C11H11BrN2O4/c12-7-3-4-8(14(17)18)10(6-7)13-5-1-2-9(13)11(15)16/h3-4,6,9H,1-2,5H2,(H,15,16). The number of aliphatic carboxylic acids is 1. The highest BCUT2D eigenvalue weighted by Crippen LogP contribution is 2.35. The number of hydrogen-bond donors (Lipinski definition) is 1. The largest absolute Gasteiger partial charge is 0.480 e. The number of anilines is 1. The molecule has 1 aliphatic rings. The molecular weight excluding hydrogens is 304 g/mol. The Morgan fingerprint density at radius 3 is 2.89 bits per heavy atom. The molecule has 96 valence electrons. The van der Waals surface area contributed by atoms with Crippen LogP contribution in [0.25, 0.3) is 0 Å². The molecule has 0 amide bonds. The van der Waals surface area contributed by atoms with E-state index >= 15 is 0 Å². The summed E-state index contributed by atoms with van der Waals surface area (Å²) in [4.78, 5) is 23.2. The maximum absolute atomic E-state index is 11.1. The van der Waals surface area contributed by atoms with Gasteiger partial charge in [-0.2, -0.15) is 0 Å². The van der Waals surface area contributed by atoms with Gasteiger partial charge in [-0.05, 0) is 25.0 Å². The molecule has 18 heavy (non-hydrogen) atoms. The van der Waals surface area contributed by atoms with Crippen molar-refractivity contribution in [3.05, 3.63) is 32.8 Å². The first kappa shape index (κ1) is 12.8. The molecule has 0 spiro atoms. The van der Waals surface area contributed by atoms with Crippen LogP contribution >= 0.6 is 15.9 Å². The average Bonchev–Trinajstić information content (AvgIpc) is 2.77. The fourth-order valence-electron chi connectivity index (χ4n) is 2.19. The monoisotopic (exact) mass is 314 g/mol. The number of hydrogen-bond acceptors (Lipinski definition) is 4. The number of nitro benzene ring substituents is 1. The summed E-state index contributed by atoms with van der Waals surface area (Å²) in [7, 11) is 0.